The van der Waals surface area contributed by atoms with Crippen molar-refractivity contribution in [2.45, 2.75) is 59.0 Å². The van der Waals surface area contributed by atoms with Gasteiger partial charge in [-0.05, 0) is 26.2 Å². The van der Waals surface area contributed by atoms with Crippen molar-refractivity contribution in [2.24, 2.45) is 0 Å². The third-order valence-electron chi connectivity index (χ3n) is 3.40. The maximum Gasteiger partial charge on any atom is 0.475 e. The molecule has 1 atom stereocenters. The van der Waals surface area contributed by atoms with Crippen LogP contribution in [-0.4, -0.2) is 70.7 Å². The molecule has 0 fully saturated rings. The molecule has 0 bridgehead atoms. The summed E-state index contributed by atoms with van der Waals surface area (Å²) in [6, 6.07) is 0. The Labute approximate surface area is 164 Å². The molecule has 8 nitrogen and oxygen atoms in total. The topological polar surface area (TPSA) is 92.7 Å². The fourth-order valence-corrected chi connectivity index (χ4v) is 2.91. The summed E-state index contributed by atoms with van der Waals surface area (Å²) in [6.07, 6.45) is 4.18. The van der Waals surface area contributed by atoms with Crippen LogP contribution in [0.1, 0.15) is 52.9 Å². The number of aliphatic hydroxyl groups is 1. The van der Waals surface area contributed by atoms with Gasteiger partial charge in [0, 0.05) is 19.8 Å². The maximum absolute atomic E-state index is 12.7. The van der Waals surface area contributed by atoms with E-state index in [1.807, 2.05) is 0 Å². The van der Waals surface area contributed by atoms with Crippen molar-refractivity contribution in [1.29, 1.82) is 0 Å². The molecule has 0 amide bonds. The molecule has 9 heteroatoms. The van der Waals surface area contributed by atoms with Gasteiger partial charge in [0.25, 0.3) is 0 Å². The molecule has 0 heterocycles. The zero-order valence-corrected chi connectivity index (χ0v) is 18.1. The second-order valence-electron chi connectivity index (χ2n) is 6.13. The van der Waals surface area contributed by atoms with E-state index < -0.39 is 13.9 Å². The molecule has 0 aromatic carbocycles. The summed E-state index contributed by atoms with van der Waals surface area (Å²) < 4.78 is 44.7. The van der Waals surface area contributed by atoms with Crippen LogP contribution >= 0.6 is 7.82 Å². The molecular formula is C18H39O8P. The Hall–Kier alpha value is -0.0500. The van der Waals surface area contributed by atoms with Crippen LogP contribution < -0.4 is 0 Å². The lowest BCUT2D eigenvalue weighted by atomic mass is 10.3. The average molecular weight is 414 g/mol. The van der Waals surface area contributed by atoms with Gasteiger partial charge in [-0.3, -0.25) is 13.6 Å². The summed E-state index contributed by atoms with van der Waals surface area (Å²) in [5.41, 5.74) is 0. The molecule has 0 aromatic rings. The van der Waals surface area contributed by atoms with Crippen molar-refractivity contribution in [1.82, 2.24) is 0 Å². The third-order valence-corrected chi connectivity index (χ3v) is 4.89. The number of hydrogen-bond donors (Lipinski definition) is 1. The molecular weight excluding hydrogens is 375 g/mol. The summed E-state index contributed by atoms with van der Waals surface area (Å²) in [6.45, 7) is 8.79. The lowest BCUT2D eigenvalue weighted by Gasteiger charge is -2.18. The fourth-order valence-electron chi connectivity index (χ4n) is 1.79. The van der Waals surface area contributed by atoms with Crippen LogP contribution in [0.3, 0.4) is 0 Å². The van der Waals surface area contributed by atoms with Crippen LogP contribution in [0.15, 0.2) is 0 Å². The quantitative estimate of drug-likeness (QED) is 0.225. The minimum Gasteiger partial charge on any atom is -0.393 e. The Kier molecular flexibility index (Phi) is 19.2. The van der Waals surface area contributed by atoms with E-state index in [9.17, 15) is 4.57 Å². The first-order valence-electron chi connectivity index (χ1n) is 9.99. The highest BCUT2D eigenvalue weighted by Crippen LogP contribution is 2.49. The molecule has 164 valence electrons. The van der Waals surface area contributed by atoms with E-state index in [-0.39, 0.29) is 26.4 Å². The Balaban J connectivity index is 4.08. The molecule has 0 saturated carbocycles. The van der Waals surface area contributed by atoms with Gasteiger partial charge < -0.3 is 19.3 Å². The van der Waals surface area contributed by atoms with Gasteiger partial charge in [0.05, 0.1) is 45.7 Å². The lowest BCUT2D eigenvalue weighted by molar-refractivity contribution is 0.0290. The summed E-state index contributed by atoms with van der Waals surface area (Å²) >= 11 is 0. The average Bonchev–Trinajstić information content (AvgIpc) is 2.64. The van der Waals surface area contributed by atoms with Crippen LogP contribution in [-0.2, 0) is 32.3 Å². The zero-order chi connectivity index (χ0) is 20.2. The number of phosphoric ester groups is 1. The molecule has 27 heavy (non-hydrogen) atoms. The van der Waals surface area contributed by atoms with Gasteiger partial charge >= 0.3 is 7.82 Å². The highest BCUT2D eigenvalue weighted by molar-refractivity contribution is 7.48. The van der Waals surface area contributed by atoms with E-state index in [2.05, 4.69) is 13.8 Å². The van der Waals surface area contributed by atoms with Crippen molar-refractivity contribution in [3.05, 3.63) is 0 Å². The van der Waals surface area contributed by atoms with Gasteiger partial charge in [-0.25, -0.2) is 4.57 Å². The summed E-state index contributed by atoms with van der Waals surface area (Å²) in [4.78, 5) is 0. The van der Waals surface area contributed by atoms with Crippen LogP contribution in [0.5, 0.6) is 0 Å². The third kappa shape index (κ3) is 19.1. The first-order chi connectivity index (χ1) is 13.0. The molecule has 0 aliphatic heterocycles. The molecule has 0 aliphatic rings. The standard InChI is InChI=1S/C18H39O8P/c1-4-6-9-21-12-15-24-27(20,25-16-13-22-10-7-5-2)26-17-14-23-11-8-18(3)19/h18-19H,4-17H2,1-3H3. The van der Waals surface area contributed by atoms with E-state index in [1.54, 1.807) is 6.92 Å². The Morgan fingerprint density at radius 3 is 1.48 bits per heavy atom. The summed E-state index contributed by atoms with van der Waals surface area (Å²) in [5, 5.41) is 9.17. The number of aliphatic hydroxyl groups excluding tert-OH is 1. The van der Waals surface area contributed by atoms with Crippen molar-refractivity contribution >= 4 is 7.82 Å². The number of rotatable bonds is 21. The molecule has 0 radical (unpaired) electrons. The molecule has 1 unspecified atom stereocenters. The van der Waals surface area contributed by atoms with Crippen molar-refractivity contribution in [2.75, 3.05) is 59.5 Å². The number of unbranched alkanes of at least 4 members (excludes halogenated alkanes) is 2. The Morgan fingerprint density at radius 2 is 1.11 bits per heavy atom. The predicted octanol–water partition coefficient (Wildman–Crippen LogP) is 3.57. The van der Waals surface area contributed by atoms with E-state index >= 15 is 0 Å². The minimum absolute atomic E-state index is 0.0739. The van der Waals surface area contributed by atoms with Crippen molar-refractivity contribution < 1.29 is 37.5 Å². The van der Waals surface area contributed by atoms with E-state index in [0.29, 0.717) is 39.5 Å². The second kappa shape index (κ2) is 19.3. The van der Waals surface area contributed by atoms with Crippen molar-refractivity contribution in [3.8, 4) is 0 Å². The molecule has 0 aliphatic carbocycles. The van der Waals surface area contributed by atoms with Gasteiger partial charge in [0.15, 0.2) is 0 Å². The second-order valence-corrected chi connectivity index (χ2v) is 7.80. The molecule has 1 N–H and O–H groups in total. The van der Waals surface area contributed by atoms with Crippen molar-refractivity contribution in [3.63, 3.8) is 0 Å². The SMILES string of the molecule is CCCCOCCOP(=O)(OCCOCCCC)OCCOCCC(C)O. The monoisotopic (exact) mass is 414 g/mol. The maximum atomic E-state index is 12.7. The first kappa shape index (κ1) is 27.0. The van der Waals surface area contributed by atoms with Gasteiger partial charge in [0.2, 0.25) is 0 Å². The summed E-state index contributed by atoms with van der Waals surface area (Å²) in [7, 11) is -3.69. The van der Waals surface area contributed by atoms with E-state index in [1.165, 1.54) is 0 Å². The van der Waals surface area contributed by atoms with Crippen LogP contribution in [0.4, 0.5) is 0 Å². The predicted molar refractivity (Wildman–Crippen MR) is 104 cm³/mol. The zero-order valence-electron chi connectivity index (χ0n) is 17.2. The minimum atomic E-state index is -3.69. The Morgan fingerprint density at radius 1 is 0.704 bits per heavy atom. The lowest BCUT2D eigenvalue weighted by Crippen LogP contribution is -2.13. The highest BCUT2D eigenvalue weighted by atomic mass is 31.2. The smallest absolute Gasteiger partial charge is 0.393 e. The Bertz CT molecular complexity index is 334. The van der Waals surface area contributed by atoms with Gasteiger partial charge in [0.1, 0.15) is 0 Å². The van der Waals surface area contributed by atoms with E-state index in [0.717, 1.165) is 25.7 Å². The van der Waals surface area contributed by atoms with Crippen LogP contribution in [0.2, 0.25) is 0 Å². The molecule has 0 spiro atoms. The first-order valence-corrected chi connectivity index (χ1v) is 11.4. The highest BCUT2D eigenvalue weighted by Gasteiger charge is 2.26. The largest absolute Gasteiger partial charge is 0.475 e. The van der Waals surface area contributed by atoms with Gasteiger partial charge in [-0.15, -0.1) is 0 Å². The van der Waals surface area contributed by atoms with Crippen LogP contribution in [0.25, 0.3) is 0 Å². The van der Waals surface area contributed by atoms with Gasteiger partial charge in [-0.1, -0.05) is 26.7 Å². The molecule has 0 aromatic heterocycles. The normalized spacial score (nSPS) is 13.2. The molecule has 0 rings (SSSR count). The molecule has 0 saturated heterocycles. The van der Waals surface area contributed by atoms with Gasteiger partial charge in [-0.2, -0.15) is 0 Å². The summed E-state index contributed by atoms with van der Waals surface area (Å²) in [5.74, 6) is 0. The number of ether oxygens (including phenoxy) is 3. The number of hydrogen-bond acceptors (Lipinski definition) is 8. The van der Waals surface area contributed by atoms with Crippen LogP contribution in [0, 0.1) is 0 Å². The van der Waals surface area contributed by atoms with E-state index in [4.69, 9.17) is 32.9 Å². The fraction of sp³-hybridized carbons (Fsp3) is 1.00. The number of phosphoric acid groups is 1.